The number of nitrogens with two attached hydrogens (primary N) is 1. The van der Waals surface area contributed by atoms with Crippen molar-refractivity contribution < 1.29 is 9.18 Å². The highest BCUT2D eigenvalue weighted by molar-refractivity contribution is 7.15. The zero-order chi connectivity index (χ0) is 20.3. The summed E-state index contributed by atoms with van der Waals surface area (Å²) < 4.78 is 14.8. The Morgan fingerprint density at radius 3 is 2.75 bits per heavy atom. The minimum atomic E-state index is -0.851. The van der Waals surface area contributed by atoms with Crippen LogP contribution in [0.4, 0.5) is 10.1 Å². The average Bonchev–Trinajstić information content (AvgIpc) is 3.11. The monoisotopic (exact) mass is 400 g/mol. The third-order valence-corrected chi connectivity index (χ3v) is 5.38. The molecule has 28 heavy (non-hydrogen) atoms. The molecule has 0 fully saturated rings. The van der Waals surface area contributed by atoms with E-state index in [-0.39, 0.29) is 24.0 Å². The van der Waals surface area contributed by atoms with Crippen molar-refractivity contribution in [3.05, 3.63) is 69.1 Å². The van der Waals surface area contributed by atoms with Crippen LogP contribution in [0.2, 0.25) is 0 Å². The Labute approximate surface area is 165 Å². The van der Waals surface area contributed by atoms with E-state index in [1.807, 2.05) is 19.1 Å². The maximum Gasteiger partial charge on any atom is 0.290 e. The smallest absolute Gasteiger partial charge is 0.290 e. The Kier molecular flexibility index (Phi) is 5.89. The minimum absolute atomic E-state index is 0.0297. The molecule has 1 atom stereocenters. The van der Waals surface area contributed by atoms with Gasteiger partial charge in [0, 0.05) is 11.4 Å². The summed E-state index contributed by atoms with van der Waals surface area (Å²) in [5.41, 5.74) is 6.43. The van der Waals surface area contributed by atoms with Gasteiger partial charge in [-0.25, -0.2) is 9.07 Å². The molecule has 0 aliphatic carbocycles. The predicted octanol–water partition coefficient (Wildman–Crippen LogP) is 2.92. The topological polar surface area (TPSA) is 90.0 Å². The lowest BCUT2D eigenvalue weighted by Gasteiger charge is -2.15. The number of aryl methyl sites for hydroxylation is 1. The summed E-state index contributed by atoms with van der Waals surface area (Å²) in [5, 5.41) is 7.05. The van der Waals surface area contributed by atoms with Crippen molar-refractivity contribution in [1.82, 2.24) is 15.1 Å². The lowest BCUT2D eigenvalue weighted by molar-refractivity contribution is -0.124. The van der Waals surface area contributed by atoms with Gasteiger partial charge in [0.2, 0.25) is 5.91 Å². The Hall–Kier alpha value is -3.00. The molecule has 0 spiro atoms. The first-order chi connectivity index (χ1) is 13.4. The molecule has 1 amide bonds. The van der Waals surface area contributed by atoms with Crippen LogP contribution < -0.4 is 16.6 Å². The number of halogens is 1. The van der Waals surface area contributed by atoms with Crippen LogP contribution in [0.3, 0.4) is 0 Å². The van der Waals surface area contributed by atoms with E-state index < -0.39 is 11.6 Å². The summed E-state index contributed by atoms with van der Waals surface area (Å²) >= 11 is 1.53. The minimum Gasteiger partial charge on any atom is -0.394 e. The van der Waals surface area contributed by atoms with E-state index in [0.717, 1.165) is 14.4 Å². The van der Waals surface area contributed by atoms with Gasteiger partial charge >= 0.3 is 0 Å². The summed E-state index contributed by atoms with van der Waals surface area (Å²) in [7, 11) is 0. The largest absolute Gasteiger partial charge is 0.394 e. The van der Waals surface area contributed by atoms with Crippen LogP contribution in [0.15, 0.2) is 47.3 Å². The number of benzene rings is 1. The predicted molar refractivity (Wildman–Crippen MR) is 109 cm³/mol. The summed E-state index contributed by atoms with van der Waals surface area (Å²) in [6.07, 6.45) is 0.351. The molecule has 6 nitrogen and oxygen atoms in total. The molecule has 3 N–H and O–H groups in total. The third-order valence-electron chi connectivity index (χ3n) is 4.35. The van der Waals surface area contributed by atoms with Crippen molar-refractivity contribution in [2.75, 3.05) is 12.3 Å². The Bertz CT molecular complexity index is 1060. The molecule has 0 aliphatic heterocycles. The molecule has 1 aromatic carbocycles. The molecule has 0 bridgehead atoms. The van der Waals surface area contributed by atoms with Gasteiger partial charge in [-0.2, -0.15) is 5.10 Å². The number of hydrogen-bond donors (Lipinski definition) is 2. The van der Waals surface area contributed by atoms with E-state index in [4.69, 9.17) is 5.73 Å². The van der Waals surface area contributed by atoms with Gasteiger partial charge in [0.25, 0.3) is 5.56 Å². The number of nitrogen functional groups attached to an aromatic ring is 1. The van der Waals surface area contributed by atoms with Crippen LogP contribution in [-0.4, -0.2) is 22.2 Å². The van der Waals surface area contributed by atoms with Crippen molar-refractivity contribution in [3.63, 3.8) is 0 Å². The number of anilines is 1. The Morgan fingerprint density at radius 2 is 2.07 bits per heavy atom. The third kappa shape index (κ3) is 4.28. The standard InChI is InChI=1S/C20H21FN4O2S/c1-12-7-8-18(28-12)17-11-16(22)20(27)25(24-17)13(2)19(26)23-10-9-14-5-3-4-6-15(14)21/h3-8,11,13H,9-10,22H2,1-2H3,(H,23,26). The van der Waals surface area contributed by atoms with Crippen LogP contribution in [0.25, 0.3) is 10.6 Å². The first-order valence-corrected chi connectivity index (χ1v) is 9.65. The fourth-order valence-corrected chi connectivity index (χ4v) is 3.59. The normalized spacial score (nSPS) is 12.0. The van der Waals surface area contributed by atoms with Crippen molar-refractivity contribution in [2.24, 2.45) is 0 Å². The summed E-state index contributed by atoms with van der Waals surface area (Å²) in [6, 6.07) is 10.9. The highest BCUT2D eigenvalue weighted by Gasteiger charge is 2.20. The molecule has 0 saturated carbocycles. The quantitative estimate of drug-likeness (QED) is 0.666. The van der Waals surface area contributed by atoms with E-state index in [9.17, 15) is 14.0 Å². The van der Waals surface area contributed by atoms with Gasteiger partial charge < -0.3 is 11.1 Å². The van der Waals surface area contributed by atoms with Gasteiger partial charge in [0.15, 0.2) is 0 Å². The van der Waals surface area contributed by atoms with E-state index in [1.165, 1.54) is 23.5 Å². The number of carbonyl (C=O) groups is 1. The lowest BCUT2D eigenvalue weighted by atomic mass is 10.1. The number of rotatable bonds is 6. The molecule has 0 saturated heterocycles. The Morgan fingerprint density at radius 1 is 1.32 bits per heavy atom. The second-order valence-corrected chi connectivity index (χ2v) is 7.74. The number of aromatic nitrogens is 2. The molecule has 8 heteroatoms. The number of nitrogens with one attached hydrogen (secondary N) is 1. The number of thiophene rings is 1. The zero-order valence-electron chi connectivity index (χ0n) is 15.6. The fourth-order valence-electron chi connectivity index (χ4n) is 2.77. The van der Waals surface area contributed by atoms with Gasteiger partial charge in [-0.05, 0) is 50.1 Å². The number of nitrogens with zero attached hydrogens (tertiary/aromatic N) is 2. The zero-order valence-corrected chi connectivity index (χ0v) is 16.4. The first kappa shape index (κ1) is 19.8. The second kappa shape index (κ2) is 8.35. The van der Waals surface area contributed by atoms with Gasteiger partial charge in [-0.3, -0.25) is 9.59 Å². The van der Waals surface area contributed by atoms with Crippen molar-refractivity contribution in [1.29, 1.82) is 0 Å². The van der Waals surface area contributed by atoms with Crippen LogP contribution in [0.1, 0.15) is 23.4 Å². The van der Waals surface area contributed by atoms with Crippen molar-refractivity contribution >= 4 is 22.9 Å². The highest BCUT2D eigenvalue weighted by Crippen LogP contribution is 2.26. The molecule has 0 radical (unpaired) electrons. The van der Waals surface area contributed by atoms with Gasteiger partial charge in [0.05, 0.1) is 4.88 Å². The van der Waals surface area contributed by atoms with E-state index in [0.29, 0.717) is 17.7 Å². The Balaban J connectivity index is 1.74. The van der Waals surface area contributed by atoms with Crippen LogP contribution >= 0.6 is 11.3 Å². The second-order valence-electron chi connectivity index (χ2n) is 6.45. The fraction of sp³-hybridized carbons (Fsp3) is 0.250. The van der Waals surface area contributed by atoms with Gasteiger partial charge in [0.1, 0.15) is 23.2 Å². The molecule has 2 heterocycles. The molecule has 1 unspecified atom stereocenters. The molecule has 3 rings (SSSR count). The number of amides is 1. The summed E-state index contributed by atoms with van der Waals surface area (Å²) in [6.45, 7) is 3.80. The first-order valence-electron chi connectivity index (χ1n) is 8.84. The van der Waals surface area contributed by atoms with E-state index >= 15 is 0 Å². The maximum absolute atomic E-state index is 13.7. The van der Waals surface area contributed by atoms with Crippen molar-refractivity contribution in [2.45, 2.75) is 26.3 Å². The SMILES string of the molecule is Cc1ccc(-c2cc(N)c(=O)n(C(C)C(=O)NCCc3ccccc3F)n2)s1. The van der Waals surface area contributed by atoms with Crippen LogP contribution in [0.5, 0.6) is 0 Å². The van der Waals surface area contributed by atoms with Gasteiger partial charge in [-0.15, -0.1) is 11.3 Å². The number of hydrogen-bond acceptors (Lipinski definition) is 5. The van der Waals surface area contributed by atoms with Crippen LogP contribution in [0, 0.1) is 12.7 Å². The molecular weight excluding hydrogens is 379 g/mol. The average molecular weight is 400 g/mol. The molecule has 146 valence electrons. The van der Waals surface area contributed by atoms with Crippen LogP contribution in [-0.2, 0) is 11.2 Å². The molecular formula is C20H21FN4O2S. The summed E-state index contributed by atoms with van der Waals surface area (Å²) in [5.74, 6) is -0.695. The molecule has 0 aliphatic rings. The maximum atomic E-state index is 13.7. The highest BCUT2D eigenvalue weighted by atomic mass is 32.1. The number of carbonyl (C=O) groups excluding carboxylic acids is 1. The summed E-state index contributed by atoms with van der Waals surface area (Å²) in [4.78, 5) is 26.9. The van der Waals surface area contributed by atoms with Crippen molar-refractivity contribution in [3.8, 4) is 10.6 Å². The molecule has 2 aromatic heterocycles. The van der Waals surface area contributed by atoms with Gasteiger partial charge in [-0.1, -0.05) is 18.2 Å². The molecule has 3 aromatic rings. The van der Waals surface area contributed by atoms with E-state index in [1.54, 1.807) is 25.1 Å². The lowest BCUT2D eigenvalue weighted by Crippen LogP contribution is -2.38. The van der Waals surface area contributed by atoms with E-state index in [2.05, 4.69) is 10.4 Å².